The number of hydrogen-bond acceptors (Lipinski definition) is 2. The van der Waals surface area contributed by atoms with Crippen molar-refractivity contribution in [2.24, 2.45) is 0 Å². The highest BCUT2D eigenvalue weighted by Gasteiger charge is 2.21. The van der Waals surface area contributed by atoms with Crippen molar-refractivity contribution in [1.82, 2.24) is 9.78 Å². The molecule has 5 aromatic rings. The first-order chi connectivity index (χ1) is 14.1. The number of rotatable bonds is 3. The van der Waals surface area contributed by atoms with Gasteiger partial charge in [0, 0.05) is 16.6 Å². The number of nitrogens with zero attached hydrogens (tertiary/aromatic N) is 1. The molecule has 5 rings (SSSR count). The second kappa shape index (κ2) is 6.60. The molecule has 4 heteroatoms. The largest absolute Gasteiger partial charge is 0.295 e. The summed E-state index contributed by atoms with van der Waals surface area (Å²) < 4.78 is 1.46. The summed E-state index contributed by atoms with van der Waals surface area (Å²) in [5, 5.41) is 7.11. The number of benzene rings is 4. The molecule has 140 valence electrons. The minimum absolute atomic E-state index is 0.174. The Bertz CT molecular complexity index is 1450. The van der Waals surface area contributed by atoms with Gasteiger partial charge in [0.1, 0.15) is 5.56 Å². The molecule has 0 unspecified atom stereocenters. The summed E-state index contributed by atoms with van der Waals surface area (Å²) in [7, 11) is 0. The SMILES string of the molecule is Cc1[nH]n(-c2cccc3ccccc23)c(=O)c1C(=O)c1ccc2ccccc2c1. The van der Waals surface area contributed by atoms with E-state index in [4.69, 9.17) is 0 Å². The number of carbonyl (C=O) groups is 1. The lowest BCUT2D eigenvalue weighted by molar-refractivity contribution is 0.103. The molecule has 1 heterocycles. The molecule has 4 aromatic carbocycles. The molecule has 1 N–H and O–H groups in total. The van der Waals surface area contributed by atoms with Crippen LogP contribution in [0.3, 0.4) is 0 Å². The zero-order valence-corrected chi connectivity index (χ0v) is 15.8. The normalized spacial score (nSPS) is 11.2. The third-order valence-electron chi connectivity index (χ3n) is 5.32. The van der Waals surface area contributed by atoms with Crippen molar-refractivity contribution in [3.63, 3.8) is 0 Å². The van der Waals surface area contributed by atoms with Crippen LogP contribution in [0, 0.1) is 6.92 Å². The van der Waals surface area contributed by atoms with Crippen LogP contribution in [0.2, 0.25) is 0 Å². The van der Waals surface area contributed by atoms with Crippen LogP contribution in [0.1, 0.15) is 21.6 Å². The molecule has 0 saturated heterocycles. The van der Waals surface area contributed by atoms with E-state index in [2.05, 4.69) is 5.10 Å². The molecule has 0 bridgehead atoms. The maximum Gasteiger partial charge on any atom is 0.282 e. The van der Waals surface area contributed by atoms with Crippen LogP contribution >= 0.6 is 0 Å². The number of fused-ring (bicyclic) bond motifs is 2. The zero-order valence-electron chi connectivity index (χ0n) is 15.8. The number of H-pyrrole nitrogens is 1. The van der Waals surface area contributed by atoms with Crippen molar-refractivity contribution in [1.29, 1.82) is 0 Å². The van der Waals surface area contributed by atoms with Gasteiger partial charge in [0.05, 0.1) is 5.69 Å². The quantitative estimate of drug-likeness (QED) is 0.449. The topological polar surface area (TPSA) is 54.9 Å². The van der Waals surface area contributed by atoms with Gasteiger partial charge in [0.25, 0.3) is 5.56 Å². The molecule has 1 aromatic heterocycles. The van der Waals surface area contributed by atoms with E-state index in [-0.39, 0.29) is 16.9 Å². The molecule has 0 amide bonds. The predicted molar refractivity (Wildman–Crippen MR) is 116 cm³/mol. The Kier molecular flexibility index (Phi) is 3.91. The van der Waals surface area contributed by atoms with Gasteiger partial charge in [-0.05, 0) is 35.2 Å². The lowest BCUT2D eigenvalue weighted by Crippen LogP contribution is -2.21. The van der Waals surface area contributed by atoms with Crippen molar-refractivity contribution in [2.75, 3.05) is 0 Å². The highest BCUT2D eigenvalue weighted by atomic mass is 16.2. The summed E-state index contributed by atoms with van der Waals surface area (Å²) in [5.74, 6) is -0.270. The van der Waals surface area contributed by atoms with Crippen molar-refractivity contribution in [3.05, 3.63) is 112 Å². The van der Waals surface area contributed by atoms with Gasteiger partial charge < -0.3 is 0 Å². The Hall–Kier alpha value is -3.92. The Balaban J connectivity index is 1.66. The Morgan fingerprint density at radius 3 is 2.31 bits per heavy atom. The van der Waals surface area contributed by atoms with E-state index >= 15 is 0 Å². The third-order valence-corrected chi connectivity index (χ3v) is 5.32. The van der Waals surface area contributed by atoms with Gasteiger partial charge >= 0.3 is 0 Å². The summed E-state index contributed by atoms with van der Waals surface area (Å²) in [4.78, 5) is 26.4. The molecule has 0 spiro atoms. The molecular formula is C25H18N2O2. The number of hydrogen-bond donors (Lipinski definition) is 1. The summed E-state index contributed by atoms with van der Waals surface area (Å²) in [6.45, 7) is 1.76. The third kappa shape index (κ3) is 2.77. The summed E-state index contributed by atoms with van der Waals surface area (Å²) in [6, 6.07) is 27.0. The number of aromatic amines is 1. The molecule has 0 fully saturated rings. The number of aromatic nitrogens is 2. The average Bonchev–Trinajstić information content (AvgIpc) is 3.06. The molecule has 4 nitrogen and oxygen atoms in total. The first-order valence-corrected chi connectivity index (χ1v) is 9.47. The molecule has 0 aliphatic rings. The fourth-order valence-electron chi connectivity index (χ4n) is 3.86. The zero-order chi connectivity index (χ0) is 20.0. The highest BCUT2D eigenvalue weighted by molar-refractivity contribution is 6.11. The molecule has 0 saturated carbocycles. The van der Waals surface area contributed by atoms with E-state index in [1.165, 1.54) is 4.68 Å². The van der Waals surface area contributed by atoms with Crippen molar-refractivity contribution >= 4 is 27.3 Å². The van der Waals surface area contributed by atoms with Gasteiger partial charge in [-0.2, -0.15) is 0 Å². The number of nitrogens with one attached hydrogen (secondary N) is 1. The minimum Gasteiger partial charge on any atom is -0.295 e. The Morgan fingerprint density at radius 2 is 1.48 bits per heavy atom. The van der Waals surface area contributed by atoms with Crippen LogP contribution in [-0.4, -0.2) is 15.6 Å². The van der Waals surface area contributed by atoms with E-state index in [1.807, 2.05) is 78.9 Å². The van der Waals surface area contributed by atoms with E-state index < -0.39 is 0 Å². The smallest absolute Gasteiger partial charge is 0.282 e. The van der Waals surface area contributed by atoms with Crippen LogP contribution in [0.15, 0.2) is 89.7 Å². The second-order valence-corrected chi connectivity index (χ2v) is 7.14. The first-order valence-electron chi connectivity index (χ1n) is 9.47. The first kappa shape index (κ1) is 17.2. The lowest BCUT2D eigenvalue weighted by atomic mass is 10.0. The number of aryl methyl sites for hydroxylation is 1. The van der Waals surface area contributed by atoms with Crippen LogP contribution in [0.4, 0.5) is 0 Å². The van der Waals surface area contributed by atoms with Crippen LogP contribution in [0.25, 0.3) is 27.2 Å². The number of ketones is 1. The van der Waals surface area contributed by atoms with Gasteiger partial charge in [-0.1, -0.05) is 72.8 Å². The molecule has 29 heavy (non-hydrogen) atoms. The number of carbonyl (C=O) groups excluding carboxylic acids is 1. The van der Waals surface area contributed by atoms with Gasteiger partial charge in [-0.15, -0.1) is 0 Å². The molecule has 0 aliphatic heterocycles. The summed E-state index contributed by atoms with van der Waals surface area (Å²) in [6.07, 6.45) is 0. The van der Waals surface area contributed by atoms with Crippen molar-refractivity contribution in [3.8, 4) is 5.69 Å². The Labute approximate surface area is 167 Å². The van der Waals surface area contributed by atoms with E-state index in [0.717, 1.165) is 27.2 Å². The second-order valence-electron chi connectivity index (χ2n) is 7.14. The van der Waals surface area contributed by atoms with E-state index in [9.17, 15) is 9.59 Å². The lowest BCUT2D eigenvalue weighted by Gasteiger charge is -2.06. The monoisotopic (exact) mass is 378 g/mol. The van der Waals surface area contributed by atoms with Crippen molar-refractivity contribution < 1.29 is 4.79 Å². The van der Waals surface area contributed by atoms with Crippen molar-refractivity contribution in [2.45, 2.75) is 6.92 Å². The van der Waals surface area contributed by atoms with Crippen LogP contribution in [-0.2, 0) is 0 Å². The highest BCUT2D eigenvalue weighted by Crippen LogP contribution is 2.22. The van der Waals surface area contributed by atoms with Gasteiger partial charge in [-0.3, -0.25) is 14.7 Å². The molecule has 0 aliphatic carbocycles. The van der Waals surface area contributed by atoms with Gasteiger partial charge in [0.15, 0.2) is 5.78 Å². The van der Waals surface area contributed by atoms with Gasteiger partial charge in [0.2, 0.25) is 0 Å². The van der Waals surface area contributed by atoms with E-state index in [1.54, 1.807) is 13.0 Å². The fourth-order valence-corrected chi connectivity index (χ4v) is 3.86. The maximum absolute atomic E-state index is 13.2. The molecule has 0 atom stereocenters. The molecular weight excluding hydrogens is 360 g/mol. The fraction of sp³-hybridized carbons (Fsp3) is 0.0400. The average molecular weight is 378 g/mol. The Morgan fingerprint density at radius 1 is 0.793 bits per heavy atom. The standard InChI is InChI=1S/C25H18N2O2/c1-16-23(24(28)20-14-13-17-7-2-3-9-19(17)15-20)25(29)27(26-16)22-12-6-10-18-8-4-5-11-21(18)22/h2-15,26H,1H3. The summed E-state index contributed by atoms with van der Waals surface area (Å²) >= 11 is 0. The predicted octanol–water partition coefficient (Wildman–Crippen LogP) is 5.01. The maximum atomic E-state index is 13.2. The summed E-state index contributed by atoms with van der Waals surface area (Å²) in [5.41, 5.74) is 1.63. The van der Waals surface area contributed by atoms with Crippen LogP contribution < -0.4 is 5.56 Å². The molecule has 0 radical (unpaired) electrons. The van der Waals surface area contributed by atoms with Crippen LogP contribution in [0.5, 0.6) is 0 Å². The van der Waals surface area contributed by atoms with E-state index in [0.29, 0.717) is 11.3 Å². The minimum atomic E-state index is -0.336. The van der Waals surface area contributed by atoms with Gasteiger partial charge in [-0.25, -0.2) is 4.68 Å².